The molecule has 0 bridgehead atoms. The molecule has 2 aromatic rings. The molecule has 1 aliphatic carbocycles. The van der Waals surface area contributed by atoms with Gasteiger partial charge in [0.2, 0.25) is 5.91 Å². The van der Waals surface area contributed by atoms with Gasteiger partial charge in [-0.05, 0) is 50.3 Å². The van der Waals surface area contributed by atoms with Crippen molar-refractivity contribution < 1.29 is 22.8 Å². The molecule has 0 saturated heterocycles. The van der Waals surface area contributed by atoms with Crippen LogP contribution in [0.15, 0.2) is 18.2 Å². The molecule has 0 spiro atoms. The van der Waals surface area contributed by atoms with Gasteiger partial charge in [-0.15, -0.1) is 0 Å². The molecular weight excluding hydrogens is 399 g/mol. The molecule has 1 unspecified atom stereocenters. The van der Waals surface area contributed by atoms with Crippen molar-refractivity contribution in [2.45, 2.75) is 38.8 Å². The Morgan fingerprint density at radius 3 is 2.83 bits per heavy atom. The number of H-pyrrole nitrogens is 1. The standard InChI is InChI=1S/C20H22F3N5O2/c1-2-24-19(30)28-8-7-11-3-5-13(10-16(11)28)25-18(29)12-4-6-15-14(9-12)17(27-26-15)20(21,22)23/h3,5,10,12H,2,4,6-9H2,1H3,(H,24,30)(H,25,29)(H,26,27). The Hall–Kier alpha value is -3.04. The van der Waals surface area contributed by atoms with Crippen LogP contribution in [-0.2, 0) is 30.2 Å². The third-order valence-electron chi connectivity index (χ3n) is 5.61. The molecule has 10 heteroatoms. The van der Waals surface area contributed by atoms with Gasteiger partial charge in [-0.2, -0.15) is 18.3 Å². The molecule has 0 saturated carbocycles. The predicted octanol–water partition coefficient (Wildman–Crippen LogP) is 3.26. The molecule has 1 atom stereocenters. The minimum Gasteiger partial charge on any atom is -0.338 e. The van der Waals surface area contributed by atoms with E-state index < -0.39 is 17.8 Å². The van der Waals surface area contributed by atoms with E-state index in [4.69, 9.17) is 0 Å². The van der Waals surface area contributed by atoms with E-state index in [0.29, 0.717) is 37.3 Å². The number of urea groups is 1. The lowest BCUT2D eigenvalue weighted by Crippen LogP contribution is -2.38. The minimum absolute atomic E-state index is 0.0114. The smallest absolute Gasteiger partial charge is 0.338 e. The van der Waals surface area contributed by atoms with Crippen LogP contribution < -0.4 is 15.5 Å². The number of aryl methyl sites for hydroxylation is 1. The van der Waals surface area contributed by atoms with Crippen molar-refractivity contribution in [1.29, 1.82) is 0 Å². The van der Waals surface area contributed by atoms with Crippen molar-refractivity contribution >= 4 is 23.3 Å². The second-order valence-electron chi connectivity index (χ2n) is 7.54. The Balaban J connectivity index is 1.49. The molecular formula is C20H22F3N5O2. The molecule has 1 aromatic heterocycles. The van der Waals surface area contributed by atoms with Gasteiger partial charge in [-0.3, -0.25) is 14.8 Å². The molecule has 2 aliphatic rings. The summed E-state index contributed by atoms with van der Waals surface area (Å²) in [7, 11) is 0. The van der Waals surface area contributed by atoms with Crippen LogP contribution in [0.4, 0.5) is 29.3 Å². The number of halogens is 3. The molecule has 3 amide bonds. The zero-order valence-corrected chi connectivity index (χ0v) is 16.4. The second-order valence-corrected chi connectivity index (χ2v) is 7.54. The van der Waals surface area contributed by atoms with Gasteiger partial charge in [0.05, 0.1) is 5.69 Å². The molecule has 4 rings (SSSR count). The number of benzene rings is 1. The Kier molecular flexibility index (Phi) is 5.17. The number of carbonyl (C=O) groups is 2. The summed E-state index contributed by atoms with van der Waals surface area (Å²) in [5.74, 6) is -0.915. The molecule has 1 aromatic carbocycles. The van der Waals surface area contributed by atoms with Crippen molar-refractivity contribution in [1.82, 2.24) is 15.5 Å². The Labute approximate surface area is 171 Å². The van der Waals surface area contributed by atoms with Crippen molar-refractivity contribution in [3.05, 3.63) is 40.7 Å². The van der Waals surface area contributed by atoms with E-state index in [0.717, 1.165) is 17.7 Å². The molecule has 1 aliphatic heterocycles. The van der Waals surface area contributed by atoms with Crippen LogP contribution in [0, 0.1) is 5.92 Å². The summed E-state index contributed by atoms with van der Waals surface area (Å²) in [5.41, 5.74) is 1.84. The molecule has 7 nitrogen and oxygen atoms in total. The van der Waals surface area contributed by atoms with Gasteiger partial charge in [0.15, 0.2) is 5.69 Å². The van der Waals surface area contributed by atoms with E-state index in [1.165, 1.54) is 0 Å². The number of hydrogen-bond acceptors (Lipinski definition) is 3. The van der Waals surface area contributed by atoms with Gasteiger partial charge >= 0.3 is 12.2 Å². The average molecular weight is 421 g/mol. The predicted molar refractivity (Wildman–Crippen MR) is 104 cm³/mol. The fourth-order valence-corrected chi connectivity index (χ4v) is 4.11. The number of carbonyl (C=O) groups excluding carboxylic acids is 2. The van der Waals surface area contributed by atoms with Crippen LogP contribution >= 0.6 is 0 Å². The Morgan fingerprint density at radius 1 is 1.30 bits per heavy atom. The minimum atomic E-state index is -4.55. The summed E-state index contributed by atoms with van der Waals surface area (Å²) in [4.78, 5) is 26.6. The first-order chi connectivity index (χ1) is 14.3. The fourth-order valence-electron chi connectivity index (χ4n) is 4.11. The quantitative estimate of drug-likeness (QED) is 0.711. The lowest BCUT2D eigenvalue weighted by Gasteiger charge is -2.23. The van der Waals surface area contributed by atoms with E-state index in [2.05, 4.69) is 20.8 Å². The largest absolute Gasteiger partial charge is 0.435 e. The lowest BCUT2D eigenvalue weighted by molar-refractivity contribution is -0.142. The first-order valence-corrected chi connectivity index (χ1v) is 9.90. The fraction of sp³-hybridized carbons (Fsp3) is 0.450. The maximum Gasteiger partial charge on any atom is 0.435 e. The Bertz CT molecular complexity index is 985. The van der Waals surface area contributed by atoms with E-state index >= 15 is 0 Å². The molecule has 0 radical (unpaired) electrons. The highest BCUT2D eigenvalue weighted by Gasteiger charge is 2.40. The zero-order chi connectivity index (χ0) is 21.5. The number of aromatic amines is 1. The molecule has 160 valence electrons. The van der Waals surface area contributed by atoms with E-state index in [-0.39, 0.29) is 23.9 Å². The van der Waals surface area contributed by atoms with Crippen molar-refractivity contribution in [3.8, 4) is 0 Å². The summed E-state index contributed by atoms with van der Waals surface area (Å²) in [6.07, 6.45) is -3.06. The van der Waals surface area contributed by atoms with Crippen molar-refractivity contribution in [3.63, 3.8) is 0 Å². The van der Waals surface area contributed by atoms with E-state index in [1.807, 2.05) is 13.0 Å². The maximum atomic E-state index is 13.1. The van der Waals surface area contributed by atoms with Crippen LogP contribution in [0.5, 0.6) is 0 Å². The number of nitrogens with zero attached hydrogens (tertiary/aromatic N) is 2. The van der Waals surface area contributed by atoms with Crippen LogP contribution in [0.25, 0.3) is 0 Å². The monoisotopic (exact) mass is 421 g/mol. The van der Waals surface area contributed by atoms with Crippen molar-refractivity contribution in [2.24, 2.45) is 5.92 Å². The molecule has 2 heterocycles. The average Bonchev–Trinajstić information content (AvgIpc) is 3.31. The zero-order valence-electron chi connectivity index (χ0n) is 16.4. The summed E-state index contributed by atoms with van der Waals surface area (Å²) in [6, 6.07) is 5.16. The van der Waals surface area contributed by atoms with Crippen LogP contribution in [-0.4, -0.2) is 35.2 Å². The van der Waals surface area contributed by atoms with Crippen LogP contribution in [0.1, 0.15) is 35.9 Å². The summed E-state index contributed by atoms with van der Waals surface area (Å²) >= 11 is 0. The van der Waals surface area contributed by atoms with Gasteiger partial charge in [0.1, 0.15) is 0 Å². The van der Waals surface area contributed by atoms with Gasteiger partial charge in [0, 0.05) is 36.0 Å². The lowest BCUT2D eigenvalue weighted by atomic mass is 9.85. The number of alkyl halides is 3. The number of rotatable bonds is 3. The molecule has 30 heavy (non-hydrogen) atoms. The van der Waals surface area contributed by atoms with Gasteiger partial charge in [0.25, 0.3) is 0 Å². The van der Waals surface area contributed by atoms with Gasteiger partial charge in [-0.1, -0.05) is 6.07 Å². The highest BCUT2D eigenvalue weighted by molar-refractivity contribution is 5.97. The maximum absolute atomic E-state index is 13.1. The van der Waals surface area contributed by atoms with Gasteiger partial charge < -0.3 is 10.6 Å². The number of fused-ring (bicyclic) bond motifs is 2. The Morgan fingerprint density at radius 2 is 2.10 bits per heavy atom. The highest BCUT2D eigenvalue weighted by Crippen LogP contribution is 2.37. The molecule has 0 fully saturated rings. The molecule has 3 N–H and O–H groups in total. The summed E-state index contributed by atoms with van der Waals surface area (Å²) < 4.78 is 39.4. The number of anilines is 2. The normalized spacial score (nSPS) is 18.0. The first kappa shape index (κ1) is 20.2. The van der Waals surface area contributed by atoms with E-state index in [9.17, 15) is 22.8 Å². The van der Waals surface area contributed by atoms with E-state index in [1.54, 1.807) is 17.0 Å². The van der Waals surface area contributed by atoms with Crippen LogP contribution in [0.2, 0.25) is 0 Å². The van der Waals surface area contributed by atoms with Crippen molar-refractivity contribution in [2.75, 3.05) is 23.3 Å². The number of hydrogen-bond donors (Lipinski definition) is 3. The highest BCUT2D eigenvalue weighted by atomic mass is 19.4. The SMILES string of the molecule is CCNC(=O)N1CCc2ccc(NC(=O)C3CCc4[nH]nc(C(F)(F)F)c4C3)cc21. The number of amides is 3. The number of nitrogens with one attached hydrogen (secondary N) is 3. The third kappa shape index (κ3) is 3.73. The second kappa shape index (κ2) is 7.66. The van der Waals surface area contributed by atoms with Crippen LogP contribution in [0.3, 0.4) is 0 Å². The first-order valence-electron chi connectivity index (χ1n) is 9.90. The summed E-state index contributed by atoms with van der Waals surface area (Å²) in [6.45, 7) is 2.91. The third-order valence-corrected chi connectivity index (χ3v) is 5.61. The topological polar surface area (TPSA) is 90.1 Å². The summed E-state index contributed by atoms with van der Waals surface area (Å²) in [5, 5.41) is 11.4. The number of aromatic nitrogens is 2. The van der Waals surface area contributed by atoms with Gasteiger partial charge in [-0.25, -0.2) is 4.79 Å².